The van der Waals surface area contributed by atoms with Gasteiger partial charge in [0.05, 0.1) is 11.8 Å². The highest BCUT2D eigenvalue weighted by Gasteiger charge is 2.35. The summed E-state index contributed by atoms with van der Waals surface area (Å²) in [5.41, 5.74) is 1.17. The van der Waals surface area contributed by atoms with Gasteiger partial charge in [-0.3, -0.25) is 9.59 Å². The van der Waals surface area contributed by atoms with Gasteiger partial charge in [-0.05, 0) is 24.8 Å². The maximum Gasteiger partial charge on any atom is 0.307 e. The lowest BCUT2D eigenvalue weighted by Crippen LogP contribution is -2.40. The third-order valence-corrected chi connectivity index (χ3v) is 3.98. The zero-order valence-electron chi connectivity index (χ0n) is 11.5. The molecule has 1 aromatic carbocycles. The van der Waals surface area contributed by atoms with Crippen molar-refractivity contribution in [2.24, 2.45) is 11.8 Å². The highest BCUT2D eigenvalue weighted by Crippen LogP contribution is 2.30. The van der Waals surface area contributed by atoms with E-state index in [9.17, 15) is 14.7 Å². The van der Waals surface area contributed by atoms with Crippen LogP contribution in [0.15, 0.2) is 30.3 Å². The van der Waals surface area contributed by atoms with E-state index in [1.54, 1.807) is 0 Å². The van der Waals surface area contributed by atoms with E-state index < -0.39 is 11.9 Å². The number of benzene rings is 1. The van der Waals surface area contributed by atoms with Gasteiger partial charge in [-0.1, -0.05) is 43.2 Å². The number of hydrogen-bond donors (Lipinski definition) is 2. The van der Waals surface area contributed by atoms with Gasteiger partial charge in [-0.15, -0.1) is 0 Å². The van der Waals surface area contributed by atoms with Crippen molar-refractivity contribution in [3.8, 4) is 0 Å². The number of nitrogens with one attached hydrogen (secondary N) is 1. The monoisotopic (exact) mass is 275 g/mol. The van der Waals surface area contributed by atoms with E-state index in [4.69, 9.17) is 0 Å². The number of carbonyl (C=O) groups excluding carboxylic acids is 1. The molecule has 0 bridgehead atoms. The summed E-state index contributed by atoms with van der Waals surface area (Å²) in [5.74, 6) is -1.82. The largest absolute Gasteiger partial charge is 0.481 e. The van der Waals surface area contributed by atoms with Gasteiger partial charge in [0.2, 0.25) is 5.91 Å². The van der Waals surface area contributed by atoms with Crippen molar-refractivity contribution in [1.29, 1.82) is 0 Å². The first-order valence-corrected chi connectivity index (χ1v) is 7.23. The minimum atomic E-state index is -0.840. The molecule has 0 aliphatic heterocycles. The Morgan fingerprint density at radius 1 is 1.10 bits per heavy atom. The maximum atomic E-state index is 12.1. The summed E-state index contributed by atoms with van der Waals surface area (Å²) in [7, 11) is 0. The van der Waals surface area contributed by atoms with Crippen LogP contribution in [-0.2, 0) is 16.0 Å². The molecule has 2 N–H and O–H groups in total. The summed E-state index contributed by atoms with van der Waals surface area (Å²) >= 11 is 0. The fourth-order valence-corrected chi connectivity index (χ4v) is 2.85. The third-order valence-electron chi connectivity index (χ3n) is 3.98. The smallest absolute Gasteiger partial charge is 0.307 e. The van der Waals surface area contributed by atoms with Gasteiger partial charge >= 0.3 is 5.97 Å². The van der Waals surface area contributed by atoms with Gasteiger partial charge < -0.3 is 10.4 Å². The van der Waals surface area contributed by atoms with E-state index in [0.717, 1.165) is 19.3 Å². The van der Waals surface area contributed by atoms with Crippen LogP contribution in [0.2, 0.25) is 0 Å². The molecule has 1 fully saturated rings. The third kappa shape index (κ3) is 3.83. The molecule has 1 aliphatic carbocycles. The van der Waals surface area contributed by atoms with E-state index in [1.165, 1.54) is 5.56 Å². The first kappa shape index (κ1) is 14.6. The number of carboxylic acid groups (broad SMARTS) is 1. The summed E-state index contributed by atoms with van der Waals surface area (Å²) in [4.78, 5) is 23.3. The number of amides is 1. The zero-order valence-corrected chi connectivity index (χ0v) is 11.5. The van der Waals surface area contributed by atoms with E-state index >= 15 is 0 Å². The molecular weight excluding hydrogens is 254 g/mol. The maximum absolute atomic E-state index is 12.1. The van der Waals surface area contributed by atoms with Crippen LogP contribution < -0.4 is 5.32 Å². The van der Waals surface area contributed by atoms with Crippen LogP contribution in [0.4, 0.5) is 0 Å². The molecule has 0 aromatic heterocycles. The van der Waals surface area contributed by atoms with E-state index in [0.29, 0.717) is 19.4 Å². The molecule has 0 spiro atoms. The van der Waals surface area contributed by atoms with Gasteiger partial charge in [0.15, 0.2) is 0 Å². The molecule has 1 aromatic rings. The molecule has 0 saturated heterocycles. The molecule has 2 rings (SSSR count). The number of carbonyl (C=O) groups is 2. The second kappa shape index (κ2) is 7.08. The van der Waals surface area contributed by atoms with Crippen molar-refractivity contribution in [1.82, 2.24) is 5.32 Å². The molecule has 1 saturated carbocycles. The van der Waals surface area contributed by atoms with Crippen molar-refractivity contribution in [2.75, 3.05) is 6.54 Å². The number of rotatable bonds is 5. The molecule has 4 heteroatoms. The van der Waals surface area contributed by atoms with Crippen LogP contribution in [0.5, 0.6) is 0 Å². The molecule has 0 radical (unpaired) electrons. The molecule has 108 valence electrons. The molecule has 20 heavy (non-hydrogen) atoms. The summed E-state index contributed by atoms with van der Waals surface area (Å²) in [6.07, 6.45) is 3.93. The number of aliphatic carboxylic acids is 1. The zero-order chi connectivity index (χ0) is 14.4. The second-order valence-electron chi connectivity index (χ2n) is 5.36. The topological polar surface area (TPSA) is 66.4 Å². The molecule has 0 unspecified atom stereocenters. The normalized spacial score (nSPS) is 22.2. The molecule has 2 atom stereocenters. The molecule has 0 heterocycles. The SMILES string of the molecule is O=C(O)[C@H]1CCCC[C@@H]1C(=O)NCCc1ccccc1. The second-order valence-corrected chi connectivity index (χ2v) is 5.36. The highest BCUT2D eigenvalue weighted by molar-refractivity contribution is 5.84. The Hall–Kier alpha value is -1.84. The fraction of sp³-hybridized carbons (Fsp3) is 0.500. The van der Waals surface area contributed by atoms with E-state index in [1.807, 2.05) is 30.3 Å². The average Bonchev–Trinajstić information content (AvgIpc) is 2.48. The van der Waals surface area contributed by atoms with Gasteiger partial charge in [-0.2, -0.15) is 0 Å². The first-order chi connectivity index (χ1) is 9.68. The summed E-state index contributed by atoms with van der Waals surface area (Å²) in [5, 5.41) is 12.1. The van der Waals surface area contributed by atoms with Crippen LogP contribution in [-0.4, -0.2) is 23.5 Å². The highest BCUT2D eigenvalue weighted by atomic mass is 16.4. The lowest BCUT2D eigenvalue weighted by Gasteiger charge is -2.27. The fourth-order valence-electron chi connectivity index (χ4n) is 2.85. The van der Waals surface area contributed by atoms with Gasteiger partial charge in [0.1, 0.15) is 0 Å². The van der Waals surface area contributed by atoms with Crippen molar-refractivity contribution < 1.29 is 14.7 Å². The molecule has 1 amide bonds. The van der Waals surface area contributed by atoms with E-state index in [2.05, 4.69) is 5.32 Å². The predicted octanol–water partition coefficient (Wildman–Crippen LogP) is 2.24. The van der Waals surface area contributed by atoms with Crippen LogP contribution >= 0.6 is 0 Å². The minimum Gasteiger partial charge on any atom is -0.481 e. The molecule has 4 nitrogen and oxygen atoms in total. The Labute approximate surface area is 119 Å². The Balaban J connectivity index is 1.83. The van der Waals surface area contributed by atoms with Crippen molar-refractivity contribution in [3.63, 3.8) is 0 Å². The Morgan fingerprint density at radius 2 is 1.75 bits per heavy atom. The number of hydrogen-bond acceptors (Lipinski definition) is 2. The van der Waals surface area contributed by atoms with Gasteiger partial charge in [0.25, 0.3) is 0 Å². The Bertz CT molecular complexity index is 458. The van der Waals surface area contributed by atoms with Crippen LogP contribution in [0.1, 0.15) is 31.2 Å². The summed E-state index contributed by atoms with van der Waals surface area (Å²) in [6.45, 7) is 0.561. The first-order valence-electron chi connectivity index (χ1n) is 7.23. The summed E-state index contributed by atoms with van der Waals surface area (Å²) < 4.78 is 0. The van der Waals surface area contributed by atoms with Crippen molar-refractivity contribution in [2.45, 2.75) is 32.1 Å². The molecule has 1 aliphatic rings. The lowest BCUT2D eigenvalue weighted by molar-refractivity contribution is -0.148. The lowest BCUT2D eigenvalue weighted by atomic mass is 9.78. The minimum absolute atomic E-state index is 0.104. The van der Waals surface area contributed by atoms with Crippen LogP contribution in [0.25, 0.3) is 0 Å². The Kier molecular flexibility index (Phi) is 5.16. The molecular formula is C16H21NO3. The van der Waals surface area contributed by atoms with E-state index in [-0.39, 0.29) is 11.8 Å². The Morgan fingerprint density at radius 3 is 2.40 bits per heavy atom. The number of carboxylic acids is 1. The van der Waals surface area contributed by atoms with Crippen LogP contribution in [0, 0.1) is 11.8 Å². The quantitative estimate of drug-likeness (QED) is 0.866. The van der Waals surface area contributed by atoms with Gasteiger partial charge in [0, 0.05) is 6.54 Å². The average molecular weight is 275 g/mol. The van der Waals surface area contributed by atoms with Gasteiger partial charge in [-0.25, -0.2) is 0 Å². The summed E-state index contributed by atoms with van der Waals surface area (Å²) in [6, 6.07) is 9.94. The predicted molar refractivity (Wildman–Crippen MR) is 76.2 cm³/mol. The standard InChI is InChI=1S/C16H21NO3/c18-15(13-8-4-5-9-14(13)16(19)20)17-11-10-12-6-2-1-3-7-12/h1-3,6-7,13-14H,4-5,8-11H2,(H,17,18)(H,19,20)/t13-,14-/m0/s1. The van der Waals surface area contributed by atoms with Crippen LogP contribution in [0.3, 0.4) is 0 Å². The van der Waals surface area contributed by atoms with Crippen molar-refractivity contribution >= 4 is 11.9 Å². The van der Waals surface area contributed by atoms with Crippen molar-refractivity contribution in [3.05, 3.63) is 35.9 Å².